The molecule has 0 aliphatic rings. The Morgan fingerprint density at radius 1 is 1.15 bits per heavy atom. The summed E-state index contributed by atoms with van der Waals surface area (Å²) in [6, 6.07) is 20.3. The van der Waals surface area contributed by atoms with Gasteiger partial charge >= 0.3 is 8.25 Å². The number of aromatic nitrogens is 1. The minimum Gasteiger partial charge on any atom is -0.397 e. The zero-order valence-electron chi connectivity index (χ0n) is 18.4. The zero-order valence-corrected chi connectivity index (χ0v) is 20.2. The van der Waals surface area contributed by atoms with E-state index in [9.17, 15) is 9.36 Å². The summed E-state index contributed by atoms with van der Waals surface area (Å²) >= 11 is 1.62. The number of hydrogen-bond donors (Lipinski definition) is 2. The van der Waals surface area contributed by atoms with Crippen LogP contribution in [0.3, 0.4) is 0 Å². The smallest absolute Gasteiger partial charge is 0.319 e. The minimum atomic E-state index is -2.65. The second-order valence-corrected chi connectivity index (χ2v) is 9.57. The van der Waals surface area contributed by atoms with Gasteiger partial charge in [-0.25, -0.2) is 0 Å². The van der Waals surface area contributed by atoms with E-state index in [4.69, 9.17) is 14.8 Å². The van der Waals surface area contributed by atoms with Crippen LogP contribution in [0.1, 0.15) is 27.6 Å². The largest absolute Gasteiger partial charge is 0.397 e. The number of carbonyl (C=O) groups excluding carboxylic acids is 1. The Morgan fingerprint density at radius 2 is 1.97 bits per heavy atom. The fourth-order valence-electron chi connectivity index (χ4n) is 3.43. The SMILES string of the molecule is CO[PH](=O)OC(Cc1cccnc1)c1ccc(C(=O)Nc2cc(-c3cccs3)ccc2N)cc1. The fraction of sp³-hybridized carbons (Fsp3) is 0.120. The molecule has 2 unspecified atom stereocenters. The van der Waals surface area contributed by atoms with E-state index in [0.717, 1.165) is 21.6 Å². The van der Waals surface area contributed by atoms with E-state index in [0.29, 0.717) is 23.4 Å². The van der Waals surface area contributed by atoms with E-state index in [1.807, 2.05) is 41.8 Å². The van der Waals surface area contributed by atoms with Gasteiger partial charge < -0.3 is 20.1 Å². The predicted molar refractivity (Wildman–Crippen MR) is 136 cm³/mol. The lowest BCUT2D eigenvalue weighted by Crippen LogP contribution is -2.13. The second kappa shape index (κ2) is 11.2. The van der Waals surface area contributed by atoms with E-state index in [-0.39, 0.29) is 5.91 Å². The first kappa shape index (κ1) is 23.9. The van der Waals surface area contributed by atoms with Crippen molar-refractivity contribution in [3.05, 3.63) is 101 Å². The third-order valence-corrected chi connectivity index (χ3v) is 6.93. The van der Waals surface area contributed by atoms with Crippen LogP contribution in [0.15, 0.2) is 84.5 Å². The molecule has 0 fully saturated rings. The number of hydrogen-bond acceptors (Lipinski definition) is 7. The zero-order chi connectivity index (χ0) is 23.9. The molecule has 0 spiro atoms. The molecule has 0 radical (unpaired) electrons. The Bertz CT molecular complexity index is 1270. The van der Waals surface area contributed by atoms with E-state index >= 15 is 0 Å². The quantitative estimate of drug-likeness (QED) is 0.220. The molecule has 2 atom stereocenters. The Hall–Kier alpha value is -3.29. The lowest BCUT2D eigenvalue weighted by molar-refractivity contribution is 0.102. The number of anilines is 2. The minimum absolute atomic E-state index is 0.281. The Morgan fingerprint density at radius 3 is 2.65 bits per heavy atom. The van der Waals surface area contributed by atoms with Gasteiger partial charge in [-0.2, -0.15) is 0 Å². The van der Waals surface area contributed by atoms with Gasteiger partial charge in [-0.05, 0) is 58.5 Å². The summed E-state index contributed by atoms with van der Waals surface area (Å²) in [5.74, 6) is -0.281. The molecule has 0 saturated heterocycles. The van der Waals surface area contributed by atoms with Gasteiger partial charge in [0.15, 0.2) is 0 Å². The number of thiophene rings is 1. The van der Waals surface area contributed by atoms with Crippen LogP contribution in [-0.4, -0.2) is 18.0 Å². The van der Waals surface area contributed by atoms with Crippen molar-refractivity contribution in [3.63, 3.8) is 0 Å². The van der Waals surface area contributed by atoms with E-state index in [2.05, 4.69) is 10.3 Å². The van der Waals surface area contributed by atoms with Crippen LogP contribution in [0.4, 0.5) is 11.4 Å². The molecule has 7 nitrogen and oxygen atoms in total. The number of nitrogens with one attached hydrogen (secondary N) is 1. The lowest BCUT2D eigenvalue weighted by atomic mass is 10.0. The Kier molecular flexibility index (Phi) is 7.87. The van der Waals surface area contributed by atoms with Crippen molar-refractivity contribution in [2.45, 2.75) is 12.5 Å². The summed E-state index contributed by atoms with van der Waals surface area (Å²) < 4.78 is 22.4. The van der Waals surface area contributed by atoms with Crippen LogP contribution < -0.4 is 11.1 Å². The first-order valence-electron chi connectivity index (χ1n) is 10.5. The monoisotopic (exact) mass is 493 g/mol. The lowest BCUT2D eigenvalue weighted by Gasteiger charge is -2.18. The van der Waals surface area contributed by atoms with E-state index in [1.54, 1.807) is 54.1 Å². The van der Waals surface area contributed by atoms with Crippen LogP contribution in [0, 0.1) is 0 Å². The van der Waals surface area contributed by atoms with Crippen molar-refractivity contribution in [2.24, 2.45) is 0 Å². The molecule has 2 aromatic heterocycles. The summed E-state index contributed by atoms with van der Waals surface area (Å²) in [6.07, 6.45) is 3.38. The number of benzene rings is 2. The molecule has 1 amide bonds. The van der Waals surface area contributed by atoms with Crippen molar-refractivity contribution in [2.75, 3.05) is 18.2 Å². The van der Waals surface area contributed by atoms with Crippen LogP contribution in [-0.2, 0) is 20.0 Å². The number of rotatable bonds is 9. The normalized spacial score (nSPS) is 12.7. The number of pyridine rings is 1. The first-order valence-corrected chi connectivity index (χ1v) is 12.6. The molecule has 174 valence electrons. The fourth-order valence-corrected chi connectivity index (χ4v) is 4.70. The molecule has 0 bridgehead atoms. The third kappa shape index (κ3) is 5.98. The molecule has 0 aliphatic carbocycles. The number of nitrogens with two attached hydrogens (primary N) is 1. The highest BCUT2D eigenvalue weighted by molar-refractivity contribution is 7.33. The molecular formula is C25H24N3O4PS. The standard InChI is InChI=1S/C25H24N3O4PS/c1-31-33(30)32-23(14-17-4-2-12-27-16-17)18-6-8-19(9-7-18)25(29)28-22-15-20(10-11-21(22)26)24-5-3-13-34-24/h2-13,15-16,23,33H,14,26H2,1H3,(H,28,29). The number of carbonyl (C=O) groups is 1. The van der Waals surface area contributed by atoms with Gasteiger partial charge in [-0.1, -0.05) is 30.3 Å². The molecule has 2 aromatic carbocycles. The molecule has 0 saturated carbocycles. The molecular weight excluding hydrogens is 469 g/mol. The Labute approximate surface area is 202 Å². The summed E-state index contributed by atoms with van der Waals surface area (Å²) in [7, 11) is -1.31. The van der Waals surface area contributed by atoms with Crippen LogP contribution in [0.25, 0.3) is 10.4 Å². The maximum absolute atomic E-state index is 12.9. The van der Waals surface area contributed by atoms with Crippen LogP contribution in [0.5, 0.6) is 0 Å². The van der Waals surface area contributed by atoms with Crippen molar-refractivity contribution in [1.29, 1.82) is 0 Å². The average Bonchev–Trinajstić information content (AvgIpc) is 3.41. The van der Waals surface area contributed by atoms with Crippen LogP contribution >= 0.6 is 19.6 Å². The van der Waals surface area contributed by atoms with E-state index in [1.165, 1.54) is 7.11 Å². The van der Waals surface area contributed by atoms with Gasteiger partial charge in [0.25, 0.3) is 5.91 Å². The maximum Gasteiger partial charge on any atom is 0.319 e. The molecule has 0 aliphatic heterocycles. The molecule has 34 heavy (non-hydrogen) atoms. The van der Waals surface area contributed by atoms with Crippen molar-refractivity contribution in [1.82, 2.24) is 4.98 Å². The molecule has 9 heteroatoms. The van der Waals surface area contributed by atoms with Gasteiger partial charge in [-0.3, -0.25) is 14.3 Å². The van der Waals surface area contributed by atoms with Crippen molar-refractivity contribution >= 4 is 36.9 Å². The van der Waals surface area contributed by atoms with Gasteiger partial charge in [0.05, 0.1) is 17.5 Å². The number of nitrogens with zero attached hydrogens (tertiary/aromatic N) is 1. The molecule has 4 aromatic rings. The highest BCUT2D eigenvalue weighted by atomic mass is 32.1. The predicted octanol–water partition coefficient (Wildman–Crippen LogP) is 5.98. The topological polar surface area (TPSA) is 104 Å². The van der Waals surface area contributed by atoms with Gasteiger partial charge in [-0.15, -0.1) is 11.3 Å². The average molecular weight is 494 g/mol. The van der Waals surface area contributed by atoms with Gasteiger partial charge in [0.1, 0.15) is 0 Å². The number of amides is 1. The highest BCUT2D eigenvalue weighted by Gasteiger charge is 2.18. The summed E-state index contributed by atoms with van der Waals surface area (Å²) in [5, 5.41) is 4.90. The highest BCUT2D eigenvalue weighted by Crippen LogP contribution is 2.35. The summed E-state index contributed by atoms with van der Waals surface area (Å²) in [5.41, 5.74) is 10.3. The van der Waals surface area contributed by atoms with Crippen molar-refractivity contribution < 1.29 is 18.4 Å². The summed E-state index contributed by atoms with van der Waals surface area (Å²) in [4.78, 5) is 18.1. The van der Waals surface area contributed by atoms with E-state index < -0.39 is 14.4 Å². The van der Waals surface area contributed by atoms with Crippen molar-refractivity contribution in [3.8, 4) is 10.4 Å². The summed E-state index contributed by atoms with van der Waals surface area (Å²) in [6.45, 7) is 0. The van der Waals surface area contributed by atoms with Gasteiger partial charge in [0, 0.05) is 36.4 Å². The molecule has 3 N–H and O–H groups in total. The number of nitrogen functional groups attached to an aromatic ring is 1. The molecule has 2 heterocycles. The third-order valence-electron chi connectivity index (χ3n) is 5.20. The Balaban J connectivity index is 1.51. The maximum atomic E-state index is 12.9. The molecule has 4 rings (SSSR count). The van der Waals surface area contributed by atoms with Crippen LogP contribution in [0.2, 0.25) is 0 Å². The second-order valence-electron chi connectivity index (χ2n) is 7.48. The first-order chi connectivity index (χ1) is 16.5. The van der Waals surface area contributed by atoms with Gasteiger partial charge in [0.2, 0.25) is 0 Å².